The second-order valence-electron chi connectivity index (χ2n) is 10.1. The quantitative estimate of drug-likeness (QED) is 0.163. The summed E-state index contributed by atoms with van der Waals surface area (Å²) in [5.41, 5.74) is -0.276. The predicted octanol–water partition coefficient (Wildman–Crippen LogP) is 3.59. The van der Waals surface area contributed by atoms with Crippen molar-refractivity contribution in [3.8, 4) is 46.0 Å². The van der Waals surface area contributed by atoms with E-state index in [2.05, 4.69) is 0 Å². The molecule has 3 heterocycles. The van der Waals surface area contributed by atoms with Gasteiger partial charge in [-0.05, 0) is 29.8 Å². The van der Waals surface area contributed by atoms with Crippen molar-refractivity contribution in [2.45, 2.75) is 30.1 Å². The normalized spacial score (nSPS) is 24.0. The van der Waals surface area contributed by atoms with Crippen molar-refractivity contribution in [2.75, 3.05) is 0 Å². The molecular formula is C30H22O10. The molecule has 0 spiro atoms. The molecule has 0 aliphatic carbocycles. The number of rotatable bonds is 2. The number of aromatic hydroxyl groups is 5. The molecule has 0 unspecified atom stereocenters. The van der Waals surface area contributed by atoms with E-state index in [4.69, 9.17) is 14.2 Å². The third kappa shape index (κ3) is 3.23. The van der Waals surface area contributed by atoms with Crippen LogP contribution in [0.5, 0.6) is 46.0 Å². The van der Waals surface area contributed by atoms with E-state index < -0.39 is 29.7 Å². The highest BCUT2D eigenvalue weighted by Gasteiger charge is 2.63. The highest BCUT2D eigenvalue weighted by molar-refractivity contribution is 5.92. The third-order valence-electron chi connectivity index (χ3n) is 7.75. The molecule has 0 radical (unpaired) electrons. The summed E-state index contributed by atoms with van der Waals surface area (Å²) in [5, 5.41) is 62.8. The van der Waals surface area contributed by atoms with Gasteiger partial charge in [-0.15, -0.1) is 0 Å². The Kier molecular flexibility index (Phi) is 4.92. The van der Waals surface area contributed by atoms with E-state index in [0.717, 1.165) is 6.07 Å². The van der Waals surface area contributed by atoms with Gasteiger partial charge >= 0.3 is 5.97 Å². The molecule has 10 heteroatoms. The number of hydrogen-bond acceptors (Lipinski definition) is 10. The van der Waals surface area contributed by atoms with Gasteiger partial charge in [0.2, 0.25) is 5.60 Å². The number of hydrogen-bond donors (Lipinski definition) is 6. The zero-order chi connectivity index (χ0) is 27.9. The van der Waals surface area contributed by atoms with Gasteiger partial charge in [-0.2, -0.15) is 0 Å². The first-order chi connectivity index (χ1) is 19.2. The van der Waals surface area contributed by atoms with Crippen LogP contribution >= 0.6 is 0 Å². The average molecular weight is 542 g/mol. The molecule has 3 aliphatic rings. The van der Waals surface area contributed by atoms with E-state index in [0.29, 0.717) is 16.7 Å². The minimum absolute atomic E-state index is 0.00220. The average Bonchev–Trinajstić information content (AvgIpc) is 3.25. The molecule has 202 valence electrons. The van der Waals surface area contributed by atoms with Crippen LogP contribution < -0.4 is 14.2 Å². The maximum absolute atomic E-state index is 13.8. The van der Waals surface area contributed by atoms with Crippen molar-refractivity contribution in [2.24, 2.45) is 0 Å². The van der Waals surface area contributed by atoms with E-state index in [9.17, 15) is 35.4 Å². The van der Waals surface area contributed by atoms with Crippen molar-refractivity contribution in [3.05, 3.63) is 94.5 Å². The Morgan fingerprint density at radius 2 is 1.43 bits per heavy atom. The van der Waals surface area contributed by atoms with Gasteiger partial charge in [0, 0.05) is 46.9 Å². The first-order valence-electron chi connectivity index (χ1n) is 12.5. The van der Waals surface area contributed by atoms with Crippen LogP contribution in [0.1, 0.15) is 39.8 Å². The number of carbonyl (C=O) groups is 1. The minimum Gasteiger partial charge on any atom is -0.508 e. The fraction of sp³-hybridized carbons (Fsp3) is 0.167. The van der Waals surface area contributed by atoms with Gasteiger partial charge in [0.15, 0.2) is 0 Å². The van der Waals surface area contributed by atoms with Crippen LogP contribution in [0.4, 0.5) is 0 Å². The molecule has 6 N–H and O–H groups in total. The van der Waals surface area contributed by atoms with Gasteiger partial charge < -0.3 is 44.8 Å². The number of aliphatic hydroxyl groups excluding tert-OH is 1. The third-order valence-corrected chi connectivity index (χ3v) is 7.75. The van der Waals surface area contributed by atoms with Crippen LogP contribution in [0.15, 0.2) is 66.7 Å². The molecule has 0 fully saturated rings. The molecule has 3 aliphatic heterocycles. The largest absolute Gasteiger partial charge is 0.508 e. The number of esters is 1. The summed E-state index contributed by atoms with van der Waals surface area (Å²) in [5.74, 6) is -2.66. The molecule has 0 aromatic heterocycles. The Labute approximate surface area is 226 Å². The SMILES string of the molecule is O=C1Oc2cc(O)cc(O)c2[C@@H]2c3c(cc(O)c4c3O[C@H](c3ccc(O)cc3)[C@H](O)C4)O[C@]12c1ccc(O)cc1. The zero-order valence-corrected chi connectivity index (χ0v) is 20.6. The van der Waals surface area contributed by atoms with E-state index in [1.807, 2.05) is 0 Å². The Morgan fingerprint density at radius 3 is 2.12 bits per heavy atom. The van der Waals surface area contributed by atoms with Gasteiger partial charge in [0.25, 0.3) is 0 Å². The lowest BCUT2D eigenvalue weighted by Gasteiger charge is -2.38. The van der Waals surface area contributed by atoms with Crippen molar-refractivity contribution in [3.63, 3.8) is 0 Å². The fourth-order valence-corrected chi connectivity index (χ4v) is 5.99. The van der Waals surface area contributed by atoms with Crippen molar-refractivity contribution in [1.82, 2.24) is 0 Å². The fourth-order valence-electron chi connectivity index (χ4n) is 5.99. The highest BCUT2D eigenvalue weighted by Crippen LogP contribution is 2.64. The minimum atomic E-state index is -1.90. The zero-order valence-electron chi connectivity index (χ0n) is 20.6. The van der Waals surface area contributed by atoms with Crippen LogP contribution in [0.25, 0.3) is 0 Å². The molecule has 4 aromatic carbocycles. The number of aliphatic hydroxyl groups is 1. The Bertz CT molecular complexity index is 1700. The number of phenolic OH excluding ortho intramolecular Hbond substituents is 5. The summed E-state index contributed by atoms with van der Waals surface area (Å²) in [6.07, 6.45) is -1.96. The monoisotopic (exact) mass is 542 g/mol. The summed E-state index contributed by atoms with van der Waals surface area (Å²) in [7, 11) is 0. The summed E-state index contributed by atoms with van der Waals surface area (Å²) in [6.45, 7) is 0. The smallest absolute Gasteiger partial charge is 0.361 e. The van der Waals surface area contributed by atoms with Gasteiger partial charge in [0.05, 0.1) is 12.0 Å². The van der Waals surface area contributed by atoms with Crippen LogP contribution in [0, 0.1) is 0 Å². The Balaban J connectivity index is 1.50. The molecule has 4 aromatic rings. The van der Waals surface area contributed by atoms with E-state index in [1.54, 1.807) is 12.1 Å². The Hall–Kier alpha value is -5.09. The molecule has 0 saturated carbocycles. The number of benzene rings is 4. The second-order valence-corrected chi connectivity index (χ2v) is 10.1. The lowest BCUT2D eigenvalue weighted by Crippen LogP contribution is -2.49. The lowest BCUT2D eigenvalue weighted by atomic mass is 9.72. The van der Waals surface area contributed by atoms with E-state index >= 15 is 0 Å². The first kappa shape index (κ1) is 24.0. The summed E-state index contributed by atoms with van der Waals surface area (Å²) >= 11 is 0. The molecular weight excluding hydrogens is 520 g/mol. The standard InChI is InChI=1S/C30H22O10/c31-15-5-1-13(2-6-15)27-21(36)11-18-19(34)12-23-25(28(18)39-27)26-24-20(35)9-17(33)10-22(24)38-29(37)30(26,40-23)14-3-7-16(32)8-4-14/h1-10,12,21,26-27,31-36H,11H2/t21-,26-,27-,30+/m1/s1. The highest BCUT2D eigenvalue weighted by atomic mass is 16.6. The van der Waals surface area contributed by atoms with Gasteiger partial charge in [-0.25, -0.2) is 4.79 Å². The molecule has 4 atom stereocenters. The maximum Gasteiger partial charge on any atom is 0.361 e. The molecule has 0 amide bonds. The van der Waals surface area contributed by atoms with E-state index in [-0.39, 0.29) is 63.5 Å². The van der Waals surface area contributed by atoms with Gasteiger partial charge in [0.1, 0.15) is 52.1 Å². The summed E-state index contributed by atoms with van der Waals surface area (Å²) < 4.78 is 18.3. The van der Waals surface area contributed by atoms with Crippen molar-refractivity contribution >= 4 is 5.97 Å². The number of carbonyl (C=O) groups excluding carboxylic acids is 1. The number of phenols is 5. The molecule has 7 rings (SSSR count). The molecule has 0 bridgehead atoms. The van der Waals surface area contributed by atoms with Crippen LogP contribution in [0.2, 0.25) is 0 Å². The maximum atomic E-state index is 13.8. The van der Waals surface area contributed by atoms with Gasteiger partial charge in [-0.3, -0.25) is 0 Å². The van der Waals surface area contributed by atoms with Crippen LogP contribution in [0.3, 0.4) is 0 Å². The topological polar surface area (TPSA) is 166 Å². The van der Waals surface area contributed by atoms with Gasteiger partial charge in [-0.1, -0.05) is 24.3 Å². The van der Waals surface area contributed by atoms with Crippen molar-refractivity contribution < 1.29 is 49.6 Å². The second kappa shape index (κ2) is 8.20. The lowest BCUT2D eigenvalue weighted by molar-refractivity contribution is -0.155. The summed E-state index contributed by atoms with van der Waals surface area (Å²) in [4.78, 5) is 13.8. The van der Waals surface area contributed by atoms with Crippen LogP contribution in [-0.4, -0.2) is 42.7 Å². The van der Waals surface area contributed by atoms with Crippen molar-refractivity contribution in [1.29, 1.82) is 0 Å². The Morgan fingerprint density at radius 1 is 0.750 bits per heavy atom. The first-order valence-corrected chi connectivity index (χ1v) is 12.5. The number of ether oxygens (including phenoxy) is 3. The molecule has 10 nitrogen and oxygen atoms in total. The molecule has 40 heavy (non-hydrogen) atoms. The van der Waals surface area contributed by atoms with E-state index in [1.165, 1.54) is 48.5 Å². The predicted molar refractivity (Wildman–Crippen MR) is 137 cm³/mol. The molecule has 0 saturated heterocycles. The van der Waals surface area contributed by atoms with Crippen LogP contribution in [-0.2, 0) is 16.8 Å². The summed E-state index contributed by atoms with van der Waals surface area (Å²) in [6, 6.07) is 15.6. The number of fused-ring (bicyclic) bond motifs is 7.